The topological polar surface area (TPSA) is 76.2 Å². The molecule has 0 radical (unpaired) electrons. The van der Waals surface area contributed by atoms with Crippen molar-refractivity contribution in [2.75, 3.05) is 16.6 Å². The van der Waals surface area contributed by atoms with Crippen LogP contribution in [-0.2, 0) is 19.2 Å². The third kappa shape index (κ3) is 3.64. The van der Waals surface area contributed by atoms with Crippen molar-refractivity contribution < 1.29 is 24.0 Å². The first-order valence-electron chi connectivity index (χ1n) is 11.6. The van der Waals surface area contributed by atoms with Crippen molar-refractivity contribution in [1.29, 1.82) is 0 Å². The summed E-state index contributed by atoms with van der Waals surface area (Å²) in [6.45, 7) is 7.55. The highest BCUT2D eigenvalue weighted by molar-refractivity contribution is 7.17. The van der Waals surface area contributed by atoms with Crippen LogP contribution in [0.4, 0.5) is 10.7 Å². The number of benzene rings is 2. The standard InChI is InChI=1S/C27H26N2O5S/c1-5-33-27(32)20-16(3)17(4)35-26(20)28-24(30)21-22(18-12-7-6-8-13-18)29(34-23(21)25(28)31)19-14-10-9-11-15(19)2/h6-14,21-23H,5H2,1-4H3/t21-,22-,23+/m0/s1. The largest absolute Gasteiger partial charge is 0.462 e. The van der Waals surface area contributed by atoms with E-state index < -0.39 is 29.9 Å². The minimum absolute atomic E-state index is 0.199. The first kappa shape index (κ1) is 23.3. The van der Waals surface area contributed by atoms with Gasteiger partial charge in [-0.25, -0.2) is 14.8 Å². The van der Waals surface area contributed by atoms with E-state index >= 15 is 0 Å². The lowest BCUT2D eigenvalue weighted by atomic mass is 9.90. The van der Waals surface area contributed by atoms with Crippen molar-refractivity contribution in [2.24, 2.45) is 5.92 Å². The van der Waals surface area contributed by atoms with Crippen LogP contribution in [0, 0.1) is 26.7 Å². The normalized spacial score (nSPS) is 21.5. The molecule has 0 unspecified atom stereocenters. The SMILES string of the molecule is CCOC(=O)c1c(N2C(=O)[C@@H]3[C@@H](ON(c4ccccc4C)[C@H]3c3ccccc3)C2=O)sc(C)c1C. The highest BCUT2D eigenvalue weighted by Gasteiger charge is 2.61. The average molecular weight is 491 g/mol. The number of hydroxylamine groups is 1. The van der Waals surface area contributed by atoms with E-state index in [1.165, 1.54) is 11.3 Å². The predicted octanol–water partition coefficient (Wildman–Crippen LogP) is 4.90. The lowest BCUT2D eigenvalue weighted by Gasteiger charge is -2.29. The molecule has 3 aromatic rings. The molecule has 0 bridgehead atoms. The minimum Gasteiger partial charge on any atom is -0.462 e. The Kier molecular flexibility index (Phi) is 5.94. The van der Waals surface area contributed by atoms with Gasteiger partial charge < -0.3 is 4.74 Å². The molecule has 3 heterocycles. The molecular weight excluding hydrogens is 464 g/mol. The molecule has 3 atom stereocenters. The van der Waals surface area contributed by atoms with Crippen molar-refractivity contribution in [3.8, 4) is 0 Å². The van der Waals surface area contributed by atoms with Crippen LogP contribution >= 0.6 is 11.3 Å². The molecule has 2 aromatic carbocycles. The number of carbonyl (C=O) groups excluding carboxylic acids is 3. The van der Waals surface area contributed by atoms with Crippen molar-refractivity contribution in [3.05, 3.63) is 81.7 Å². The summed E-state index contributed by atoms with van der Waals surface area (Å²) < 4.78 is 5.24. The molecule has 2 aliphatic rings. The van der Waals surface area contributed by atoms with Crippen LogP contribution in [0.1, 0.15) is 44.9 Å². The van der Waals surface area contributed by atoms with Gasteiger partial charge in [0.1, 0.15) is 10.9 Å². The Hall–Kier alpha value is -3.49. The fourth-order valence-electron chi connectivity index (χ4n) is 4.83. The maximum Gasteiger partial charge on any atom is 0.341 e. The zero-order chi connectivity index (χ0) is 24.9. The monoisotopic (exact) mass is 490 g/mol. The number of ether oxygens (including phenoxy) is 1. The summed E-state index contributed by atoms with van der Waals surface area (Å²) in [4.78, 5) is 48.7. The third-order valence-electron chi connectivity index (χ3n) is 6.66. The van der Waals surface area contributed by atoms with Crippen LogP contribution < -0.4 is 9.96 Å². The van der Waals surface area contributed by atoms with Gasteiger partial charge >= 0.3 is 5.97 Å². The maximum absolute atomic E-state index is 13.9. The molecule has 0 N–H and O–H groups in total. The quantitative estimate of drug-likeness (QED) is 0.374. The number of amides is 2. The predicted molar refractivity (Wildman–Crippen MR) is 133 cm³/mol. The van der Waals surface area contributed by atoms with E-state index in [0.29, 0.717) is 10.6 Å². The summed E-state index contributed by atoms with van der Waals surface area (Å²) in [5.74, 6) is -2.15. The smallest absolute Gasteiger partial charge is 0.341 e. The summed E-state index contributed by atoms with van der Waals surface area (Å²) in [6.07, 6.45) is -0.995. The number of anilines is 2. The van der Waals surface area contributed by atoms with Crippen LogP contribution in [0.25, 0.3) is 0 Å². The van der Waals surface area contributed by atoms with Crippen LogP contribution in [-0.4, -0.2) is 30.5 Å². The van der Waals surface area contributed by atoms with E-state index in [1.807, 2.05) is 68.4 Å². The zero-order valence-electron chi connectivity index (χ0n) is 20.0. The highest BCUT2D eigenvalue weighted by atomic mass is 32.1. The van der Waals surface area contributed by atoms with Crippen molar-refractivity contribution in [3.63, 3.8) is 0 Å². The lowest BCUT2D eigenvalue weighted by Crippen LogP contribution is -2.38. The van der Waals surface area contributed by atoms with Crippen molar-refractivity contribution >= 4 is 39.8 Å². The average Bonchev–Trinajstić information content (AvgIpc) is 3.45. The highest BCUT2D eigenvalue weighted by Crippen LogP contribution is 2.50. The Morgan fingerprint density at radius 1 is 1.00 bits per heavy atom. The molecule has 0 saturated carbocycles. The molecule has 0 aliphatic carbocycles. The third-order valence-corrected chi connectivity index (χ3v) is 7.85. The zero-order valence-corrected chi connectivity index (χ0v) is 20.8. The molecule has 0 spiro atoms. The Morgan fingerprint density at radius 2 is 1.69 bits per heavy atom. The number of hydrogen-bond donors (Lipinski definition) is 0. The fraction of sp³-hybridized carbons (Fsp3) is 0.296. The number of hydrogen-bond acceptors (Lipinski definition) is 7. The summed E-state index contributed by atoms with van der Waals surface area (Å²) in [6, 6.07) is 16.8. The van der Waals surface area contributed by atoms with Crippen LogP contribution in [0.5, 0.6) is 0 Å². The molecule has 1 aromatic heterocycles. The van der Waals surface area contributed by atoms with Gasteiger partial charge in [0.2, 0.25) is 5.91 Å². The number of imide groups is 1. The van der Waals surface area contributed by atoms with Gasteiger partial charge in [0, 0.05) is 4.88 Å². The van der Waals surface area contributed by atoms with Gasteiger partial charge in [-0.2, -0.15) is 0 Å². The summed E-state index contributed by atoms with van der Waals surface area (Å²) in [7, 11) is 0. The molecule has 7 nitrogen and oxygen atoms in total. The van der Waals surface area contributed by atoms with Crippen LogP contribution in [0.15, 0.2) is 54.6 Å². The van der Waals surface area contributed by atoms with E-state index in [0.717, 1.165) is 26.6 Å². The summed E-state index contributed by atoms with van der Waals surface area (Å²) in [5.41, 5.74) is 3.62. The van der Waals surface area contributed by atoms with E-state index in [1.54, 1.807) is 18.9 Å². The molecule has 2 aliphatic heterocycles. The summed E-state index contributed by atoms with van der Waals surface area (Å²) in [5, 5.41) is 2.00. The maximum atomic E-state index is 13.9. The van der Waals surface area contributed by atoms with Gasteiger partial charge in [0.05, 0.1) is 23.9 Å². The Morgan fingerprint density at radius 3 is 2.37 bits per heavy atom. The van der Waals surface area contributed by atoms with Gasteiger partial charge in [-0.3, -0.25) is 14.4 Å². The van der Waals surface area contributed by atoms with Crippen molar-refractivity contribution in [1.82, 2.24) is 0 Å². The van der Waals surface area contributed by atoms with E-state index in [2.05, 4.69) is 0 Å². The number of nitrogens with zero attached hydrogens (tertiary/aromatic N) is 2. The fourth-order valence-corrected chi connectivity index (χ4v) is 5.99. The number of carbonyl (C=O) groups is 3. The molecule has 180 valence electrons. The van der Waals surface area contributed by atoms with Gasteiger partial charge in [-0.05, 0) is 50.5 Å². The van der Waals surface area contributed by atoms with Gasteiger partial charge in [-0.1, -0.05) is 48.5 Å². The van der Waals surface area contributed by atoms with Gasteiger partial charge in [-0.15, -0.1) is 11.3 Å². The molecule has 2 amide bonds. The number of rotatable bonds is 5. The number of aryl methyl sites for hydroxylation is 2. The lowest BCUT2D eigenvalue weighted by molar-refractivity contribution is -0.126. The van der Waals surface area contributed by atoms with Crippen LogP contribution in [0.2, 0.25) is 0 Å². The molecule has 5 rings (SSSR count). The number of thiophene rings is 1. The second kappa shape index (κ2) is 8.94. The molecule has 2 saturated heterocycles. The van der Waals surface area contributed by atoms with E-state index in [4.69, 9.17) is 9.57 Å². The second-order valence-electron chi connectivity index (χ2n) is 8.72. The number of para-hydroxylation sites is 1. The Balaban J connectivity index is 1.60. The van der Waals surface area contributed by atoms with Gasteiger partial charge in [0.25, 0.3) is 5.91 Å². The van der Waals surface area contributed by atoms with Gasteiger partial charge in [0.15, 0.2) is 6.10 Å². The number of fused-ring (bicyclic) bond motifs is 1. The second-order valence-corrected chi connectivity index (χ2v) is 9.92. The molecule has 35 heavy (non-hydrogen) atoms. The Bertz CT molecular complexity index is 1320. The molecule has 2 fully saturated rings. The first-order chi connectivity index (χ1) is 16.8. The van der Waals surface area contributed by atoms with E-state index in [9.17, 15) is 14.4 Å². The molecular formula is C27H26N2O5S. The Labute approximate surface area is 207 Å². The van der Waals surface area contributed by atoms with Crippen LogP contribution in [0.3, 0.4) is 0 Å². The molecule has 8 heteroatoms. The number of esters is 1. The first-order valence-corrected chi connectivity index (χ1v) is 12.4. The minimum atomic E-state index is -0.995. The summed E-state index contributed by atoms with van der Waals surface area (Å²) >= 11 is 1.25. The van der Waals surface area contributed by atoms with Crippen molar-refractivity contribution in [2.45, 2.75) is 39.8 Å². The van der Waals surface area contributed by atoms with E-state index in [-0.39, 0.29) is 18.1 Å².